The minimum Gasteiger partial charge on any atom is -0.481 e. The molecule has 2 rings (SSSR count). The van der Waals surface area contributed by atoms with E-state index in [-0.39, 0.29) is 0 Å². The van der Waals surface area contributed by atoms with Gasteiger partial charge in [-0.15, -0.1) is 0 Å². The Labute approximate surface area is 135 Å². The van der Waals surface area contributed by atoms with Crippen molar-refractivity contribution >= 4 is 21.9 Å². The van der Waals surface area contributed by atoms with Crippen LogP contribution in [-0.2, 0) is 24.7 Å². The number of aromatic nitrogens is 2. The third-order valence-corrected chi connectivity index (χ3v) is 5.90. The smallest absolute Gasteiger partial charge is 0.310 e. The van der Waals surface area contributed by atoms with Crippen molar-refractivity contribution in [2.75, 3.05) is 0 Å². The summed E-state index contributed by atoms with van der Waals surface area (Å²) >= 11 is 3.62. The molecule has 0 radical (unpaired) electrons. The van der Waals surface area contributed by atoms with Gasteiger partial charge in [-0.25, -0.2) is 0 Å². The van der Waals surface area contributed by atoms with Crippen LogP contribution >= 0.6 is 15.9 Å². The summed E-state index contributed by atoms with van der Waals surface area (Å²) in [6.45, 7) is 4.23. The maximum atomic E-state index is 12.0. The Bertz CT molecular complexity index is 527. The summed E-state index contributed by atoms with van der Waals surface area (Å²) in [6, 6.07) is 0. The number of hydrogen-bond donors (Lipinski definition) is 1. The lowest BCUT2D eigenvalue weighted by Gasteiger charge is -2.37. The van der Waals surface area contributed by atoms with E-state index in [0.717, 1.165) is 54.4 Å². The highest BCUT2D eigenvalue weighted by molar-refractivity contribution is 9.10. The molecular formula is C16H25BrN2O2. The largest absolute Gasteiger partial charge is 0.481 e. The van der Waals surface area contributed by atoms with Crippen molar-refractivity contribution in [3.63, 3.8) is 0 Å². The van der Waals surface area contributed by atoms with E-state index < -0.39 is 11.4 Å². The van der Waals surface area contributed by atoms with E-state index in [1.54, 1.807) is 0 Å². The Morgan fingerprint density at radius 2 is 2.24 bits per heavy atom. The molecule has 0 aliphatic heterocycles. The molecule has 0 amide bonds. The summed E-state index contributed by atoms with van der Waals surface area (Å²) in [5, 5.41) is 14.4. The van der Waals surface area contributed by atoms with Crippen LogP contribution in [0.1, 0.15) is 57.3 Å². The molecule has 2 atom stereocenters. The lowest BCUT2D eigenvalue weighted by Crippen LogP contribution is -2.39. The van der Waals surface area contributed by atoms with E-state index in [0.29, 0.717) is 12.3 Å². The first-order valence-corrected chi connectivity index (χ1v) is 8.66. The molecule has 4 nitrogen and oxygen atoms in total. The van der Waals surface area contributed by atoms with Crippen LogP contribution in [0, 0.1) is 11.3 Å². The molecule has 0 bridgehead atoms. The van der Waals surface area contributed by atoms with Crippen molar-refractivity contribution in [1.82, 2.24) is 9.78 Å². The van der Waals surface area contributed by atoms with Gasteiger partial charge >= 0.3 is 5.97 Å². The number of hydrogen-bond acceptors (Lipinski definition) is 2. The van der Waals surface area contributed by atoms with Crippen molar-refractivity contribution < 1.29 is 9.90 Å². The third-order valence-electron chi connectivity index (χ3n) is 4.99. The van der Waals surface area contributed by atoms with Crippen molar-refractivity contribution in [2.45, 2.75) is 58.8 Å². The summed E-state index contributed by atoms with van der Waals surface area (Å²) in [5.41, 5.74) is 1.40. The molecule has 1 aromatic rings. The van der Waals surface area contributed by atoms with Gasteiger partial charge in [-0.2, -0.15) is 5.10 Å². The summed E-state index contributed by atoms with van der Waals surface area (Å²) in [6.07, 6.45) is 6.24. The SMILES string of the molecule is CCc1nn(C)c(CC2(C(=O)O)CCCC(CC)C2)c1Br. The van der Waals surface area contributed by atoms with Crippen molar-refractivity contribution in [3.05, 3.63) is 15.9 Å². The van der Waals surface area contributed by atoms with Crippen LogP contribution in [-0.4, -0.2) is 20.9 Å². The molecule has 118 valence electrons. The number of halogens is 1. The van der Waals surface area contributed by atoms with Gasteiger partial charge in [0.05, 0.1) is 21.3 Å². The van der Waals surface area contributed by atoms with Gasteiger partial charge in [0.1, 0.15) is 0 Å². The molecule has 21 heavy (non-hydrogen) atoms. The molecule has 1 aromatic heterocycles. The lowest BCUT2D eigenvalue weighted by molar-refractivity contribution is -0.152. The normalized spacial score (nSPS) is 26.0. The van der Waals surface area contributed by atoms with Gasteiger partial charge in [0.25, 0.3) is 0 Å². The van der Waals surface area contributed by atoms with Crippen molar-refractivity contribution in [1.29, 1.82) is 0 Å². The highest BCUT2D eigenvalue weighted by atomic mass is 79.9. The summed E-state index contributed by atoms with van der Waals surface area (Å²) in [7, 11) is 1.91. The Kier molecular flexibility index (Phi) is 5.12. The van der Waals surface area contributed by atoms with Crippen LogP contribution in [0.15, 0.2) is 4.47 Å². The van der Waals surface area contributed by atoms with Gasteiger partial charge < -0.3 is 5.11 Å². The molecule has 1 N–H and O–H groups in total. The first-order chi connectivity index (χ1) is 9.93. The van der Waals surface area contributed by atoms with Crippen molar-refractivity contribution in [3.8, 4) is 0 Å². The fourth-order valence-corrected chi connectivity index (χ4v) is 4.35. The highest BCUT2D eigenvalue weighted by Gasteiger charge is 2.43. The van der Waals surface area contributed by atoms with Crippen molar-refractivity contribution in [2.24, 2.45) is 18.4 Å². The Morgan fingerprint density at radius 3 is 2.76 bits per heavy atom. The first-order valence-electron chi connectivity index (χ1n) is 7.87. The molecule has 0 spiro atoms. The van der Waals surface area contributed by atoms with E-state index >= 15 is 0 Å². The Hall–Kier alpha value is -0.840. The standard InChI is InChI=1S/C16H25BrN2O2/c1-4-11-7-6-8-16(9-11,15(20)21)10-13-14(17)12(5-2)18-19(13)3/h11H,4-10H2,1-3H3,(H,20,21). The van der Waals surface area contributed by atoms with Gasteiger partial charge in [0.15, 0.2) is 0 Å². The van der Waals surface area contributed by atoms with Crippen LogP contribution in [0.4, 0.5) is 0 Å². The average molecular weight is 357 g/mol. The number of rotatable bonds is 5. The Balaban J connectivity index is 2.33. The van der Waals surface area contributed by atoms with Gasteiger partial charge in [0.2, 0.25) is 0 Å². The minimum atomic E-state index is -0.646. The minimum absolute atomic E-state index is 0.535. The number of nitrogens with zero attached hydrogens (tertiary/aromatic N) is 2. The van der Waals surface area contributed by atoms with E-state index in [4.69, 9.17) is 0 Å². The molecule has 1 aliphatic rings. The molecule has 1 saturated carbocycles. The van der Waals surface area contributed by atoms with E-state index in [2.05, 4.69) is 34.9 Å². The zero-order valence-electron chi connectivity index (χ0n) is 13.2. The zero-order valence-corrected chi connectivity index (χ0v) is 14.7. The monoisotopic (exact) mass is 356 g/mol. The number of aliphatic carboxylic acids is 1. The molecule has 2 unspecified atom stereocenters. The van der Waals surface area contributed by atoms with Crippen LogP contribution in [0.25, 0.3) is 0 Å². The summed E-state index contributed by atoms with van der Waals surface area (Å²) in [4.78, 5) is 12.0. The summed E-state index contributed by atoms with van der Waals surface area (Å²) < 4.78 is 2.84. The van der Waals surface area contributed by atoms with Crippen LogP contribution in [0.5, 0.6) is 0 Å². The molecule has 1 aliphatic carbocycles. The van der Waals surface area contributed by atoms with Crippen LogP contribution in [0.2, 0.25) is 0 Å². The van der Waals surface area contributed by atoms with E-state index in [9.17, 15) is 9.90 Å². The molecule has 1 heterocycles. The van der Waals surface area contributed by atoms with Gasteiger partial charge in [-0.3, -0.25) is 9.48 Å². The molecule has 1 fully saturated rings. The predicted octanol–water partition coefficient (Wildman–Crippen LogP) is 3.96. The first kappa shape index (κ1) is 16.5. The number of carboxylic acid groups (broad SMARTS) is 1. The molecule has 0 aromatic carbocycles. The van der Waals surface area contributed by atoms with Gasteiger partial charge in [-0.1, -0.05) is 33.1 Å². The third kappa shape index (κ3) is 3.17. The topological polar surface area (TPSA) is 55.1 Å². The van der Waals surface area contributed by atoms with Gasteiger partial charge in [0, 0.05) is 13.5 Å². The van der Waals surface area contributed by atoms with E-state index in [1.165, 1.54) is 0 Å². The number of carboxylic acids is 1. The quantitative estimate of drug-likeness (QED) is 0.868. The second-order valence-corrected chi connectivity index (χ2v) is 7.11. The Morgan fingerprint density at radius 1 is 1.52 bits per heavy atom. The van der Waals surface area contributed by atoms with Gasteiger partial charge in [-0.05, 0) is 41.1 Å². The molecule has 5 heteroatoms. The molecule has 0 saturated heterocycles. The summed E-state index contributed by atoms with van der Waals surface area (Å²) in [5.74, 6) is -0.112. The lowest BCUT2D eigenvalue weighted by atomic mass is 9.66. The predicted molar refractivity (Wildman–Crippen MR) is 86.3 cm³/mol. The fourth-order valence-electron chi connectivity index (χ4n) is 3.60. The van der Waals surface area contributed by atoms with E-state index in [1.807, 2.05) is 11.7 Å². The van der Waals surface area contributed by atoms with Crippen LogP contribution in [0.3, 0.4) is 0 Å². The fraction of sp³-hybridized carbons (Fsp3) is 0.750. The number of aryl methyl sites for hydroxylation is 2. The highest BCUT2D eigenvalue weighted by Crippen LogP contribution is 2.44. The number of carbonyl (C=O) groups is 1. The molecular weight excluding hydrogens is 332 g/mol. The average Bonchev–Trinajstić information content (AvgIpc) is 2.74. The second-order valence-electron chi connectivity index (χ2n) is 6.32. The van der Waals surface area contributed by atoms with Crippen LogP contribution < -0.4 is 0 Å². The zero-order chi connectivity index (χ0) is 15.6. The second kappa shape index (κ2) is 6.51. The maximum Gasteiger partial charge on any atom is 0.310 e. The maximum absolute atomic E-state index is 12.0.